The van der Waals surface area contributed by atoms with Crippen LogP contribution < -0.4 is 5.32 Å². The second kappa shape index (κ2) is 7.05. The van der Waals surface area contributed by atoms with E-state index < -0.39 is 0 Å². The second-order valence-electron chi connectivity index (χ2n) is 6.93. The zero-order valence-electron chi connectivity index (χ0n) is 13.1. The molecule has 19 heavy (non-hydrogen) atoms. The van der Waals surface area contributed by atoms with E-state index in [1.165, 1.54) is 38.8 Å². The van der Waals surface area contributed by atoms with Crippen LogP contribution in [-0.2, 0) is 4.74 Å². The van der Waals surface area contributed by atoms with Crippen LogP contribution in [0.25, 0.3) is 0 Å². The third kappa shape index (κ3) is 4.73. The van der Waals surface area contributed by atoms with Crippen molar-refractivity contribution in [3.8, 4) is 0 Å². The zero-order chi connectivity index (χ0) is 13.7. The quantitative estimate of drug-likeness (QED) is 0.732. The van der Waals surface area contributed by atoms with Gasteiger partial charge in [-0.25, -0.2) is 0 Å². The van der Waals surface area contributed by atoms with Gasteiger partial charge in [0.1, 0.15) is 0 Å². The van der Waals surface area contributed by atoms with E-state index in [9.17, 15) is 0 Å². The highest BCUT2D eigenvalue weighted by molar-refractivity contribution is 4.92. The lowest BCUT2D eigenvalue weighted by molar-refractivity contribution is -0.00523. The molecule has 2 rings (SSSR count). The molecular formula is C16H32N2O. The highest BCUT2D eigenvalue weighted by atomic mass is 16.5. The van der Waals surface area contributed by atoms with E-state index >= 15 is 0 Å². The van der Waals surface area contributed by atoms with Gasteiger partial charge in [-0.2, -0.15) is 0 Å². The molecule has 1 aliphatic carbocycles. The van der Waals surface area contributed by atoms with Gasteiger partial charge >= 0.3 is 0 Å². The van der Waals surface area contributed by atoms with Crippen molar-refractivity contribution in [2.24, 2.45) is 11.3 Å². The number of nitrogens with zero attached hydrogens (tertiary/aromatic N) is 1. The van der Waals surface area contributed by atoms with Crippen LogP contribution in [0, 0.1) is 11.3 Å². The first-order chi connectivity index (χ1) is 9.15. The summed E-state index contributed by atoms with van der Waals surface area (Å²) in [6.07, 6.45) is 5.28. The number of nitrogens with one attached hydrogen (secondary N) is 1. The Hall–Kier alpha value is -0.120. The van der Waals surface area contributed by atoms with Crippen LogP contribution in [-0.4, -0.2) is 50.3 Å². The maximum atomic E-state index is 5.60. The van der Waals surface area contributed by atoms with E-state index in [1.807, 2.05) is 0 Å². The topological polar surface area (TPSA) is 24.5 Å². The van der Waals surface area contributed by atoms with Crippen molar-refractivity contribution in [1.82, 2.24) is 10.2 Å². The minimum atomic E-state index is 0.450. The largest absolute Gasteiger partial charge is 0.381 e. The Kier molecular flexibility index (Phi) is 5.67. The summed E-state index contributed by atoms with van der Waals surface area (Å²) in [5.74, 6) is 0.739. The first-order valence-electron chi connectivity index (χ1n) is 8.18. The van der Waals surface area contributed by atoms with Gasteiger partial charge in [0.25, 0.3) is 0 Å². The third-order valence-corrected chi connectivity index (χ3v) is 4.61. The number of rotatable bonds is 8. The summed E-state index contributed by atoms with van der Waals surface area (Å²) in [6.45, 7) is 13.6. The lowest BCUT2D eigenvalue weighted by Gasteiger charge is -2.41. The fourth-order valence-electron chi connectivity index (χ4n) is 3.19. The van der Waals surface area contributed by atoms with Crippen molar-refractivity contribution >= 4 is 0 Å². The molecule has 1 aliphatic heterocycles. The highest BCUT2D eigenvalue weighted by Gasteiger charge is 2.38. The molecule has 1 N–H and O–H groups in total. The van der Waals surface area contributed by atoms with Gasteiger partial charge in [-0.05, 0) is 50.1 Å². The average molecular weight is 268 g/mol. The summed E-state index contributed by atoms with van der Waals surface area (Å²) in [5, 5.41) is 3.70. The molecule has 0 aromatic rings. The van der Waals surface area contributed by atoms with Gasteiger partial charge in [-0.1, -0.05) is 20.8 Å². The summed E-state index contributed by atoms with van der Waals surface area (Å²) in [7, 11) is 0. The zero-order valence-corrected chi connectivity index (χ0v) is 13.1. The van der Waals surface area contributed by atoms with Crippen LogP contribution in [0.1, 0.15) is 46.5 Å². The van der Waals surface area contributed by atoms with E-state index in [4.69, 9.17) is 4.74 Å². The average Bonchev–Trinajstić information content (AvgIpc) is 3.21. The molecule has 3 heteroatoms. The van der Waals surface area contributed by atoms with E-state index in [1.54, 1.807) is 0 Å². The summed E-state index contributed by atoms with van der Waals surface area (Å²) in [5.41, 5.74) is 0.450. The minimum Gasteiger partial charge on any atom is -0.381 e. The lowest BCUT2D eigenvalue weighted by Crippen LogP contribution is -2.48. The molecule has 1 heterocycles. The molecule has 0 radical (unpaired) electrons. The molecule has 0 amide bonds. The predicted octanol–water partition coefficient (Wildman–Crippen LogP) is 2.51. The molecule has 0 spiro atoms. The van der Waals surface area contributed by atoms with Gasteiger partial charge in [-0.3, -0.25) is 0 Å². The minimum absolute atomic E-state index is 0.450. The van der Waals surface area contributed by atoms with E-state index in [2.05, 4.69) is 31.0 Å². The standard InChI is InChI=1S/C16H32N2O/c1-4-18(15-5-6-15)13-16(7-9-19-10-8-16)12-17-11-14(2)3/h14-15,17H,4-13H2,1-3H3. The van der Waals surface area contributed by atoms with Crippen molar-refractivity contribution in [3.63, 3.8) is 0 Å². The Morgan fingerprint density at radius 1 is 1.26 bits per heavy atom. The van der Waals surface area contributed by atoms with Crippen molar-refractivity contribution < 1.29 is 4.74 Å². The molecule has 3 nitrogen and oxygen atoms in total. The SMILES string of the molecule is CCN(CC1(CNCC(C)C)CCOCC1)C1CC1. The summed E-state index contributed by atoms with van der Waals surface area (Å²) in [4.78, 5) is 2.71. The molecule has 0 bridgehead atoms. The van der Waals surface area contributed by atoms with Crippen molar-refractivity contribution in [1.29, 1.82) is 0 Å². The van der Waals surface area contributed by atoms with E-state index in [0.717, 1.165) is 38.3 Å². The number of hydrogen-bond donors (Lipinski definition) is 1. The first kappa shape index (κ1) is 15.3. The summed E-state index contributed by atoms with van der Waals surface area (Å²) < 4.78 is 5.60. The van der Waals surface area contributed by atoms with Gasteiger partial charge in [-0.15, -0.1) is 0 Å². The molecule has 1 saturated heterocycles. The maximum absolute atomic E-state index is 5.60. The van der Waals surface area contributed by atoms with Crippen molar-refractivity contribution in [2.75, 3.05) is 39.4 Å². The summed E-state index contributed by atoms with van der Waals surface area (Å²) in [6, 6.07) is 0.884. The molecule has 0 aromatic heterocycles. The van der Waals surface area contributed by atoms with E-state index in [-0.39, 0.29) is 0 Å². The molecule has 0 aromatic carbocycles. The second-order valence-corrected chi connectivity index (χ2v) is 6.93. The van der Waals surface area contributed by atoms with Gasteiger partial charge < -0.3 is 15.0 Å². The maximum Gasteiger partial charge on any atom is 0.0472 e. The van der Waals surface area contributed by atoms with Gasteiger partial charge in [0.15, 0.2) is 0 Å². The van der Waals surface area contributed by atoms with Crippen LogP contribution in [0.3, 0.4) is 0 Å². The monoisotopic (exact) mass is 268 g/mol. The Morgan fingerprint density at radius 2 is 1.95 bits per heavy atom. The first-order valence-corrected chi connectivity index (χ1v) is 8.18. The van der Waals surface area contributed by atoms with Crippen LogP contribution in [0.5, 0.6) is 0 Å². The van der Waals surface area contributed by atoms with Gasteiger partial charge in [0.05, 0.1) is 0 Å². The van der Waals surface area contributed by atoms with E-state index in [0.29, 0.717) is 5.41 Å². The molecular weight excluding hydrogens is 236 g/mol. The molecule has 0 unspecified atom stereocenters. The number of ether oxygens (including phenoxy) is 1. The molecule has 0 atom stereocenters. The lowest BCUT2D eigenvalue weighted by atomic mass is 9.79. The molecule has 1 saturated carbocycles. The van der Waals surface area contributed by atoms with Crippen LogP contribution >= 0.6 is 0 Å². The van der Waals surface area contributed by atoms with Crippen molar-refractivity contribution in [3.05, 3.63) is 0 Å². The van der Waals surface area contributed by atoms with Gasteiger partial charge in [0, 0.05) is 32.3 Å². The predicted molar refractivity (Wildman–Crippen MR) is 80.5 cm³/mol. The third-order valence-electron chi connectivity index (χ3n) is 4.61. The van der Waals surface area contributed by atoms with Crippen LogP contribution in [0.4, 0.5) is 0 Å². The normalized spacial score (nSPS) is 23.2. The van der Waals surface area contributed by atoms with Crippen LogP contribution in [0.2, 0.25) is 0 Å². The summed E-state index contributed by atoms with van der Waals surface area (Å²) >= 11 is 0. The molecule has 2 aliphatic rings. The molecule has 112 valence electrons. The number of hydrogen-bond acceptors (Lipinski definition) is 3. The van der Waals surface area contributed by atoms with Gasteiger partial charge in [0.2, 0.25) is 0 Å². The Balaban J connectivity index is 1.88. The fourth-order valence-corrected chi connectivity index (χ4v) is 3.19. The fraction of sp³-hybridized carbons (Fsp3) is 1.00. The van der Waals surface area contributed by atoms with Crippen molar-refractivity contribution in [2.45, 2.75) is 52.5 Å². The Morgan fingerprint density at radius 3 is 2.47 bits per heavy atom. The smallest absolute Gasteiger partial charge is 0.0472 e. The van der Waals surface area contributed by atoms with Crippen LogP contribution in [0.15, 0.2) is 0 Å². The molecule has 2 fully saturated rings. The highest BCUT2D eigenvalue weighted by Crippen LogP contribution is 2.35. The Labute approximate surface area is 119 Å². The Bertz CT molecular complexity index is 257.